The van der Waals surface area contributed by atoms with Crippen LogP contribution in [0.1, 0.15) is 12.0 Å². The van der Waals surface area contributed by atoms with Crippen LogP contribution in [0.15, 0.2) is 23.1 Å². The van der Waals surface area contributed by atoms with Gasteiger partial charge in [0.05, 0.1) is 31.3 Å². The molecule has 10 heteroatoms. The fraction of sp³-hybridized carbons (Fsp3) is 0.421. The first-order chi connectivity index (χ1) is 13.9. The van der Waals surface area contributed by atoms with E-state index in [0.717, 1.165) is 16.7 Å². The molecule has 0 unspecified atom stereocenters. The van der Waals surface area contributed by atoms with Crippen molar-refractivity contribution in [3.63, 3.8) is 0 Å². The van der Waals surface area contributed by atoms with Gasteiger partial charge in [-0.1, -0.05) is 0 Å². The number of carbonyl (C=O) groups is 3. The molecule has 29 heavy (non-hydrogen) atoms. The highest BCUT2D eigenvalue weighted by molar-refractivity contribution is 8.18. The summed E-state index contributed by atoms with van der Waals surface area (Å²) in [6, 6.07) is 4.88. The van der Waals surface area contributed by atoms with Crippen LogP contribution in [-0.2, 0) is 9.59 Å². The minimum atomic E-state index is -0.568. The lowest BCUT2D eigenvalue weighted by Crippen LogP contribution is -2.43. The van der Waals surface area contributed by atoms with Gasteiger partial charge in [-0.25, -0.2) is 0 Å². The van der Waals surface area contributed by atoms with Gasteiger partial charge in [-0.15, -0.1) is 0 Å². The van der Waals surface area contributed by atoms with Crippen LogP contribution in [0.3, 0.4) is 0 Å². The van der Waals surface area contributed by atoms with Crippen molar-refractivity contribution in [2.24, 2.45) is 0 Å². The summed E-state index contributed by atoms with van der Waals surface area (Å²) >= 11 is 2.39. The van der Waals surface area contributed by atoms with Crippen molar-refractivity contribution in [3.05, 3.63) is 28.7 Å². The second kappa shape index (κ2) is 9.55. The number of hydrogen-bond acceptors (Lipinski definition) is 8. The number of methoxy groups -OCH3 is 2. The van der Waals surface area contributed by atoms with E-state index < -0.39 is 17.3 Å². The van der Waals surface area contributed by atoms with E-state index in [9.17, 15) is 19.5 Å². The van der Waals surface area contributed by atoms with Crippen LogP contribution < -0.4 is 14.8 Å². The number of carbonyl (C=O) groups excluding carboxylic acids is 3. The molecule has 0 radical (unpaired) electrons. The third kappa shape index (κ3) is 5.06. The molecule has 2 atom stereocenters. The van der Waals surface area contributed by atoms with Crippen LogP contribution in [0.4, 0.5) is 4.79 Å². The Balaban J connectivity index is 1.65. The molecule has 2 saturated heterocycles. The summed E-state index contributed by atoms with van der Waals surface area (Å²) in [6.07, 6.45) is 1.00. The molecular weight excluding hydrogens is 416 g/mol. The summed E-state index contributed by atoms with van der Waals surface area (Å²) in [5.41, 5.74) is 0.614. The third-order valence-corrected chi connectivity index (χ3v) is 6.64. The van der Waals surface area contributed by atoms with Gasteiger partial charge >= 0.3 is 0 Å². The van der Waals surface area contributed by atoms with Crippen LogP contribution >= 0.6 is 23.5 Å². The molecule has 3 amide bonds. The van der Waals surface area contributed by atoms with E-state index in [4.69, 9.17) is 9.47 Å². The molecule has 0 bridgehead atoms. The molecular formula is C19H22N2O6S2. The van der Waals surface area contributed by atoms with Crippen LogP contribution in [0, 0.1) is 0 Å². The van der Waals surface area contributed by atoms with E-state index in [1.165, 1.54) is 14.2 Å². The first-order valence-corrected chi connectivity index (χ1v) is 10.9. The molecule has 2 N–H and O–H groups in total. The average molecular weight is 439 g/mol. The fourth-order valence-electron chi connectivity index (χ4n) is 2.96. The summed E-state index contributed by atoms with van der Waals surface area (Å²) < 4.78 is 10.5. The van der Waals surface area contributed by atoms with Crippen LogP contribution in [0.5, 0.6) is 11.5 Å². The van der Waals surface area contributed by atoms with Crippen molar-refractivity contribution in [1.29, 1.82) is 0 Å². The van der Waals surface area contributed by atoms with Crippen molar-refractivity contribution < 1.29 is 29.0 Å². The smallest absolute Gasteiger partial charge is 0.293 e. The zero-order valence-electron chi connectivity index (χ0n) is 16.0. The number of ether oxygens (including phenoxy) is 2. The number of imide groups is 1. The Labute approximate surface area is 177 Å². The highest BCUT2D eigenvalue weighted by Gasteiger charge is 2.35. The minimum Gasteiger partial charge on any atom is -0.497 e. The predicted molar refractivity (Wildman–Crippen MR) is 112 cm³/mol. The van der Waals surface area contributed by atoms with Gasteiger partial charge < -0.3 is 19.9 Å². The van der Waals surface area contributed by atoms with Gasteiger partial charge in [0.1, 0.15) is 11.5 Å². The number of rotatable bonds is 7. The molecule has 156 valence electrons. The molecule has 2 heterocycles. The fourth-order valence-corrected chi connectivity index (χ4v) is 4.98. The number of nitrogens with one attached hydrogen (secondary N) is 1. The Morgan fingerprint density at radius 1 is 1.31 bits per heavy atom. The van der Waals surface area contributed by atoms with Gasteiger partial charge in [0.15, 0.2) is 0 Å². The number of benzene rings is 1. The Kier molecular flexibility index (Phi) is 7.09. The van der Waals surface area contributed by atoms with Crippen LogP contribution in [0.2, 0.25) is 0 Å². The third-order valence-electron chi connectivity index (χ3n) is 4.56. The largest absolute Gasteiger partial charge is 0.497 e. The normalized spacial score (nSPS) is 23.0. The van der Waals surface area contributed by atoms with Gasteiger partial charge in [0, 0.05) is 30.0 Å². The molecule has 2 aliphatic rings. The van der Waals surface area contributed by atoms with E-state index in [0.29, 0.717) is 28.6 Å². The molecule has 1 aromatic rings. The lowest BCUT2D eigenvalue weighted by atomic mass is 10.1. The highest BCUT2D eigenvalue weighted by atomic mass is 32.2. The van der Waals surface area contributed by atoms with Crippen molar-refractivity contribution in [2.45, 2.75) is 18.6 Å². The molecule has 0 aliphatic carbocycles. The zero-order chi connectivity index (χ0) is 21.0. The maximum absolute atomic E-state index is 12.7. The highest BCUT2D eigenvalue weighted by Crippen LogP contribution is 2.35. The SMILES string of the molecule is COc1ccc(OC)c(/C=C2\SC(=O)N(CCC(=O)N[C@H]3CSC[C@@H]3O)C2=O)c1. The van der Waals surface area contributed by atoms with Crippen molar-refractivity contribution in [1.82, 2.24) is 10.2 Å². The second-order valence-corrected chi connectivity index (χ2v) is 8.54. The number of nitrogens with zero attached hydrogens (tertiary/aromatic N) is 1. The Bertz CT molecular complexity index is 844. The van der Waals surface area contributed by atoms with Gasteiger partial charge in [-0.2, -0.15) is 11.8 Å². The topological polar surface area (TPSA) is 105 Å². The average Bonchev–Trinajstić information content (AvgIpc) is 3.22. The molecule has 2 fully saturated rings. The number of amides is 3. The molecule has 8 nitrogen and oxygen atoms in total. The minimum absolute atomic E-state index is 0.0122. The number of hydrogen-bond donors (Lipinski definition) is 2. The zero-order valence-corrected chi connectivity index (χ0v) is 17.7. The lowest BCUT2D eigenvalue weighted by molar-refractivity contribution is -0.124. The molecule has 0 saturated carbocycles. The first kappa shape index (κ1) is 21.5. The summed E-state index contributed by atoms with van der Waals surface area (Å²) in [4.78, 5) is 38.3. The van der Waals surface area contributed by atoms with E-state index >= 15 is 0 Å². The number of aliphatic hydroxyl groups excluding tert-OH is 1. The quantitative estimate of drug-likeness (QED) is 0.620. The van der Waals surface area contributed by atoms with E-state index in [2.05, 4.69) is 5.32 Å². The van der Waals surface area contributed by atoms with Crippen molar-refractivity contribution in [2.75, 3.05) is 32.3 Å². The summed E-state index contributed by atoms with van der Waals surface area (Å²) in [7, 11) is 3.05. The van der Waals surface area contributed by atoms with Crippen LogP contribution in [-0.4, -0.2) is 71.5 Å². The maximum Gasteiger partial charge on any atom is 0.293 e. The first-order valence-electron chi connectivity index (χ1n) is 8.95. The van der Waals surface area contributed by atoms with E-state index in [1.807, 2.05) is 0 Å². The van der Waals surface area contributed by atoms with Gasteiger partial charge in [-0.05, 0) is 36.0 Å². The molecule has 3 rings (SSSR count). The van der Waals surface area contributed by atoms with Crippen molar-refractivity contribution in [3.8, 4) is 11.5 Å². The van der Waals surface area contributed by atoms with E-state index in [-0.39, 0.29) is 29.8 Å². The van der Waals surface area contributed by atoms with Gasteiger partial charge in [0.25, 0.3) is 11.1 Å². The predicted octanol–water partition coefficient (Wildman–Crippen LogP) is 1.72. The Morgan fingerprint density at radius 3 is 2.76 bits per heavy atom. The van der Waals surface area contributed by atoms with Crippen molar-refractivity contribution >= 4 is 46.7 Å². The summed E-state index contributed by atoms with van der Waals surface area (Å²) in [6.45, 7) is -0.0148. The number of thioether (sulfide) groups is 2. The number of aliphatic hydroxyl groups is 1. The van der Waals surface area contributed by atoms with Crippen LogP contribution in [0.25, 0.3) is 6.08 Å². The monoisotopic (exact) mass is 438 g/mol. The summed E-state index contributed by atoms with van der Waals surface area (Å²) in [5, 5.41) is 12.1. The van der Waals surface area contributed by atoms with Gasteiger partial charge in [0.2, 0.25) is 5.91 Å². The maximum atomic E-state index is 12.7. The van der Waals surface area contributed by atoms with E-state index in [1.54, 1.807) is 36.0 Å². The molecule has 0 spiro atoms. The lowest BCUT2D eigenvalue weighted by Gasteiger charge is -2.17. The standard InChI is InChI=1S/C19H22N2O6S2/c1-26-12-3-4-15(27-2)11(7-12)8-16-18(24)21(19(25)29-16)6-5-17(23)20-13-9-28-10-14(13)22/h3-4,7-8,13-14,22H,5-6,9-10H2,1-2H3,(H,20,23)/b16-8-/t13-,14-/m0/s1. The Morgan fingerprint density at radius 2 is 2.10 bits per heavy atom. The molecule has 0 aromatic heterocycles. The Hall–Kier alpha value is -2.17. The summed E-state index contributed by atoms with van der Waals surface area (Å²) in [5.74, 6) is 1.64. The van der Waals surface area contributed by atoms with Gasteiger partial charge in [-0.3, -0.25) is 19.3 Å². The molecule has 2 aliphatic heterocycles. The second-order valence-electron chi connectivity index (χ2n) is 6.47. The molecule has 1 aromatic carbocycles.